The fourth-order valence-electron chi connectivity index (χ4n) is 3.25. The summed E-state index contributed by atoms with van der Waals surface area (Å²) in [5, 5.41) is 1.09. The molecular weight excluding hydrogens is 368 g/mol. The molecule has 0 saturated heterocycles. The molecule has 1 aliphatic carbocycles. The number of carbonyl (C=O) groups excluding carboxylic acids is 1. The molecule has 26 heavy (non-hydrogen) atoms. The first-order valence-electron chi connectivity index (χ1n) is 8.79. The van der Waals surface area contributed by atoms with Gasteiger partial charge < -0.3 is 4.42 Å². The SMILES string of the molecule is CC(=O)C(C)Sc1nc2sc3c(c2c(=O)n1Cc1ccco1)CCCC3. The summed E-state index contributed by atoms with van der Waals surface area (Å²) < 4.78 is 7.10. The van der Waals surface area contributed by atoms with E-state index in [0.717, 1.165) is 29.5 Å². The van der Waals surface area contributed by atoms with E-state index in [4.69, 9.17) is 9.40 Å². The first-order valence-corrected chi connectivity index (χ1v) is 10.5. The Balaban J connectivity index is 1.89. The van der Waals surface area contributed by atoms with Crippen LogP contribution in [0.25, 0.3) is 10.2 Å². The van der Waals surface area contributed by atoms with Gasteiger partial charge in [0.2, 0.25) is 0 Å². The van der Waals surface area contributed by atoms with E-state index in [9.17, 15) is 9.59 Å². The maximum atomic E-state index is 13.3. The molecule has 0 aliphatic heterocycles. The van der Waals surface area contributed by atoms with Crippen molar-refractivity contribution in [2.45, 2.75) is 56.5 Å². The van der Waals surface area contributed by atoms with Crippen LogP contribution < -0.4 is 5.56 Å². The van der Waals surface area contributed by atoms with Gasteiger partial charge in [0.15, 0.2) is 5.16 Å². The van der Waals surface area contributed by atoms with E-state index >= 15 is 0 Å². The van der Waals surface area contributed by atoms with Crippen LogP contribution in [-0.2, 0) is 24.2 Å². The van der Waals surface area contributed by atoms with Gasteiger partial charge in [-0.2, -0.15) is 0 Å². The molecule has 5 nitrogen and oxygen atoms in total. The van der Waals surface area contributed by atoms with E-state index in [0.29, 0.717) is 17.5 Å². The standard InChI is InChI=1S/C19H20N2O3S2/c1-11(22)12(2)25-19-20-17-16(14-7-3-4-8-15(14)26-17)18(23)21(19)10-13-6-5-9-24-13/h5-6,9,12H,3-4,7-8,10H2,1-2H3. The average molecular weight is 389 g/mol. The lowest BCUT2D eigenvalue weighted by atomic mass is 9.97. The summed E-state index contributed by atoms with van der Waals surface area (Å²) in [5.74, 6) is 0.772. The third kappa shape index (κ3) is 3.14. The van der Waals surface area contributed by atoms with Crippen LogP contribution in [0.15, 0.2) is 32.8 Å². The molecule has 0 amide bonds. The van der Waals surface area contributed by atoms with E-state index in [1.807, 2.05) is 19.1 Å². The van der Waals surface area contributed by atoms with Crippen molar-refractivity contribution in [1.29, 1.82) is 0 Å². The minimum Gasteiger partial charge on any atom is -0.467 e. The largest absolute Gasteiger partial charge is 0.467 e. The number of thiophene rings is 1. The summed E-state index contributed by atoms with van der Waals surface area (Å²) in [5.41, 5.74) is 1.15. The van der Waals surface area contributed by atoms with Crippen LogP contribution in [-0.4, -0.2) is 20.6 Å². The Morgan fingerprint density at radius 1 is 1.42 bits per heavy atom. The Morgan fingerprint density at radius 3 is 2.96 bits per heavy atom. The lowest BCUT2D eigenvalue weighted by Gasteiger charge is -2.14. The number of carbonyl (C=O) groups is 1. The molecule has 0 saturated carbocycles. The number of nitrogens with zero attached hydrogens (tertiary/aromatic N) is 2. The molecule has 0 aromatic carbocycles. The molecule has 3 heterocycles. The minimum atomic E-state index is -0.253. The zero-order valence-corrected chi connectivity index (χ0v) is 16.4. The van der Waals surface area contributed by atoms with Crippen LogP contribution in [0.4, 0.5) is 0 Å². The molecule has 3 aromatic heterocycles. The van der Waals surface area contributed by atoms with E-state index < -0.39 is 0 Å². The minimum absolute atomic E-state index is 0.0240. The van der Waals surface area contributed by atoms with E-state index in [-0.39, 0.29) is 16.6 Å². The second-order valence-electron chi connectivity index (χ2n) is 6.63. The van der Waals surface area contributed by atoms with Crippen molar-refractivity contribution in [3.8, 4) is 0 Å². The third-order valence-electron chi connectivity index (χ3n) is 4.79. The van der Waals surface area contributed by atoms with Crippen molar-refractivity contribution in [2.24, 2.45) is 0 Å². The molecular formula is C19H20N2O3S2. The van der Waals surface area contributed by atoms with Crippen LogP contribution in [0.2, 0.25) is 0 Å². The monoisotopic (exact) mass is 388 g/mol. The number of aryl methyl sites for hydroxylation is 2. The molecule has 0 bridgehead atoms. The number of aromatic nitrogens is 2. The molecule has 1 aliphatic rings. The van der Waals surface area contributed by atoms with Crippen LogP contribution in [0, 0.1) is 0 Å². The number of thioether (sulfide) groups is 1. The molecule has 0 spiro atoms. The summed E-state index contributed by atoms with van der Waals surface area (Å²) in [6.07, 6.45) is 5.87. The number of hydrogen-bond donors (Lipinski definition) is 0. The highest BCUT2D eigenvalue weighted by molar-refractivity contribution is 8.00. The Morgan fingerprint density at radius 2 is 2.23 bits per heavy atom. The number of furan rings is 1. The van der Waals surface area contributed by atoms with Crippen LogP contribution in [0.5, 0.6) is 0 Å². The Hall–Kier alpha value is -1.86. The second-order valence-corrected chi connectivity index (χ2v) is 9.02. The molecule has 136 valence electrons. The maximum absolute atomic E-state index is 13.3. The average Bonchev–Trinajstić information content (AvgIpc) is 3.25. The van der Waals surface area contributed by atoms with Gasteiger partial charge in [-0.15, -0.1) is 11.3 Å². The van der Waals surface area contributed by atoms with Crippen LogP contribution >= 0.6 is 23.1 Å². The fraction of sp³-hybridized carbons (Fsp3) is 0.421. The van der Waals surface area contributed by atoms with Crippen LogP contribution in [0.1, 0.15) is 42.9 Å². The van der Waals surface area contributed by atoms with E-state index in [2.05, 4.69) is 0 Å². The van der Waals surface area contributed by atoms with E-state index in [1.54, 1.807) is 29.1 Å². The molecule has 3 aromatic rings. The van der Waals surface area contributed by atoms with Crippen molar-refractivity contribution in [3.63, 3.8) is 0 Å². The van der Waals surface area contributed by atoms with Gasteiger partial charge in [-0.3, -0.25) is 14.2 Å². The van der Waals surface area contributed by atoms with Gasteiger partial charge in [-0.05, 0) is 57.2 Å². The fourth-order valence-corrected chi connectivity index (χ4v) is 5.46. The third-order valence-corrected chi connectivity index (χ3v) is 7.18. The van der Waals surface area contributed by atoms with Crippen molar-refractivity contribution < 1.29 is 9.21 Å². The Kier molecular flexibility index (Phi) is 4.75. The van der Waals surface area contributed by atoms with Gasteiger partial charge in [-0.25, -0.2) is 4.98 Å². The van der Waals surface area contributed by atoms with Gasteiger partial charge >= 0.3 is 0 Å². The van der Waals surface area contributed by atoms with Gasteiger partial charge in [-0.1, -0.05) is 11.8 Å². The lowest BCUT2D eigenvalue weighted by Crippen LogP contribution is -2.25. The predicted octanol–water partition coefficient (Wildman–Crippen LogP) is 4.05. The number of fused-ring (bicyclic) bond motifs is 3. The summed E-state index contributed by atoms with van der Waals surface area (Å²) in [6, 6.07) is 3.66. The molecule has 0 radical (unpaired) electrons. The van der Waals surface area contributed by atoms with Crippen molar-refractivity contribution in [2.75, 3.05) is 0 Å². The topological polar surface area (TPSA) is 65.1 Å². The summed E-state index contributed by atoms with van der Waals surface area (Å²) in [7, 11) is 0. The van der Waals surface area contributed by atoms with E-state index in [1.165, 1.54) is 28.6 Å². The highest BCUT2D eigenvalue weighted by Crippen LogP contribution is 2.35. The second kappa shape index (κ2) is 7.04. The van der Waals surface area contributed by atoms with Gasteiger partial charge in [0.1, 0.15) is 16.4 Å². The normalized spacial score (nSPS) is 15.2. The first-order chi connectivity index (χ1) is 12.5. The summed E-state index contributed by atoms with van der Waals surface area (Å²) >= 11 is 2.98. The quantitative estimate of drug-likeness (QED) is 0.487. The van der Waals surface area contributed by atoms with Gasteiger partial charge in [0, 0.05) is 4.88 Å². The molecule has 0 N–H and O–H groups in total. The van der Waals surface area contributed by atoms with Gasteiger partial charge in [0.05, 0.1) is 23.4 Å². The number of ketones is 1. The van der Waals surface area contributed by atoms with Crippen molar-refractivity contribution >= 4 is 39.1 Å². The maximum Gasteiger partial charge on any atom is 0.263 e. The highest BCUT2D eigenvalue weighted by atomic mass is 32.2. The zero-order chi connectivity index (χ0) is 18.3. The molecule has 0 fully saturated rings. The first kappa shape index (κ1) is 17.5. The Labute approximate surface area is 159 Å². The predicted molar refractivity (Wildman–Crippen MR) is 104 cm³/mol. The smallest absolute Gasteiger partial charge is 0.263 e. The number of hydrogen-bond acceptors (Lipinski definition) is 6. The summed E-state index contributed by atoms with van der Waals surface area (Å²) in [4.78, 5) is 32.0. The lowest BCUT2D eigenvalue weighted by molar-refractivity contribution is -0.116. The number of Topliss-reactive ketones (excluding diaryl/α,β-unsaturated/α-hetero) is 1. The molecule has 1 unspecified atom stereocenters. The van der Waals surface area contributed by atoms with Crippen LogP contribution in [0.3, 0.4) is 0 Å². The number of rotatable bonds is 5. The molecule has 7 heteroatoms. The van der Waals surface area contributed by atoms with Crippen molar-refractivity contribution in [1.82, 2.24) is 9.55 Å². The Bertz CT molecular complexity index is 1020. The zero-order valence-electron chi connectivity index (χ0n) is 14.8. The highest BCUT2D eigenvalue weighted by Gasteiger charge is 2.24. The van der Waals surface area contributed by atoms with Crippen molar-refractivity contribution in [3.05, 3.63) is 45.0 Å². The summed E-state index contributed by atoms with van der Waals surface area (Å²) in [6.45, 7) is 3.74. The van der Waals surface area contributed by atoms with Gasteiger partial charge in [0.25, 0.3) is 5.56 Å². The molecule has 4 rings (SSSR count). The molecule has 1 atom stereocenters.